The lowest BCUT2D eigenvalue weighted by molar-refractivity contribution is 0.180. The molecule has 0 bridgehead atoms. The van der Waals surface area contributed by atoms with Crippen molar-refractivity contribution in [2.24, 2.45) is 0 Å². The summed E-state index contributed by atoms with van der Waals surface area (Å²) < 4.78 is 13.7. The Labute approximate surface area is 115 Å². The van der Waals surface area contributed by atoms with Crippen LogP contribution < -0.4 is 0 Å². The molecule has 0 radical (unpaired) electrons. The zero-order valence-corrected chi connectivity index (χ0v) is 11.6. The van der Waals surface area contributed by atoms with Gasteiger partial charge in [0.25, 0.3) is 0 Å². The summed E-state index contributed by atoms with van der Waals surface area (Å²) in [5, 5.41) is 12.2. The van der Waals surface area contributed by atoms with E-state index in [2.05, 4.69) is 0 Å². The molecule has 18 heavy (non-hydrogen) atoms. The van der Waals surface area contributed by atoms with Crippen molar-refractivity contribution in [3.63, 3.8) is 0 Å². The summed E-state index contributed by atoms with van der Waals surface area (Å²) >= 11 is 7.23. The van der Waals surface area contributed by atoms with Crippen LogP contribution in [0.3, 0.4) is 0 Å². The van der Waals surface area contributed by atoms with E-state index in [0.717, 1.165) is 16.9 Å². The van der Waals surface area contributed by atoms with E-state index in [1.807, 2.05) is 18.4 Å². The van der Waals surface area contributed by atoms with Crippen LogP contribution in [0, 0.1) is 5.82 Å². The largest absolute Gasteiger partial charge is 0.387 e. The lowest BCUT2D eigenvalue weighted by Crippen LogP contribution is -2.04. The van der Waals surface area contributed by atoms with Crippen LogP contribution in [0.2, 0.25) is 5.02 Å². The predicted molar refractivity (Wildman–Crippen MR) is 73.8 cm³/mol. The van der Waals surface area contributed by atoms with Crippen LogP contribution in [-0.2, 0) is 12.8 Å². The molecule has 0 aliphatic heterocycles. The van der Waals surface area contributed by atoms with Gasteiger partial charge in [-0.1, -0.05) is 30.7 Å². The van der Waals surface area contributed by atoms with Crippen molar-refractivity contribution in [1.82, 2.24) is 0 Å². The maximum atomic E-state index is 13.7. The highest BCUT2D eigenvalue weighted by Crippen LogP contribution is 2.29. The van der Waals surface area contributed by atoms with Gasteiger partial charge in [0, 0.05) is 11.3 Å². The van der Waals surface area contributed by atoms with Gasteiger partial charge in [0.15, 0.2) is 0 Å². The molecule has 1 unspecified atom stereocenters. The van der Waals surface area contributed by atoms with E-state index in [-0.39, 0.29) is 11.4 Å². The van der Waals surface area contributed by atoms with Crippen LogP contribution >= 0.6 is 22.9 Å². The number of benzene rings is 1. The number of aryl methyl sites for hydroxylation is 1. The minimum Gasteiger partial charge on any atom is -0.387 e. The van der Waals surface area contributed by atoms with Gasteiger partial charge < -0.3 is 5.11 Å². The van der Waals surface area contributed by atoms with E-state index in [0.29, 0.717) is 5.56 Å². The van der Waals surface area contributed by atoms with E-state index < -0.39 is 11.9 Å². The summed E-state index contributed by atoms with van der Waals surface area (Å²) in [5.41, 5.74) is 1.57. The molecule has 1 atom stereocenters. The maximum absolute atomic E-state index is 13.7. The molecule has 2 aromatic rings. The first-order valence-electron chi connectivity index (χ1n) is 5.80. The molecule has 0 saturated carbocycles. The Kier molecular flexibility index (Phi) is 4.38. The molecule has 0 spiro atoms. The third-order valence-corrected chi connectivity index (χ3v) is 4.26. The third-order valence-electron chi connectivity index (χ3n) is 2.91. The second-order valence-electron chi connectivity index (χ2n) is 4.10. The number of hydrogen-bond donors (Lipinski definition) is 1. The van der Waals surface area contributed by atoms with Crippen LogP contribution in [0.15, 0.2) is 29.6 Å². The molecule has 1 aromatic heterocycles. The second-order valence-corrected chi connectivity index (χ2v) is 5.45. The monoisotopic (exact) mass is 284 g/mol. The molecule has 0 fully saturated rings. The summed E-state index contributed by atoms with van der Waals surface area (Å²) in [6.45, 7) is 2.04. The highest BCUT2D eigenvalue weighted by Gasteiger charge is 2.16. The quantitative estimate of drug-likeness (QED) is 0.883. The van der Waals surface area contributed by atoms with Crippen molar-refractivity contribution in [3.8, 4) is 0 Å². The Bertz CT molecular complexity index is 538. The van der Waals surface area contributed by atoms with E-state index >= 15 is 0 Å². The molecule has 0 amide bonds. The summed E-state index contributed by atoms with van der Waals surface area (Å²) in [6.07, 6.45) is 0.446. The van der Waals surface area contributed by atoms with Crippen LogP contribution in [0.1, 0.15) is 29.0 Å². The SMILES string of the molecule is CCc1ccsc1C(O)Cc1cccc(Cl)c1F. The van der Waals surface area contributed by atoms with Gasteiger partial charge in [-0.2, -0.15) is 0 Å². The van der Waals surface area contributed by atoms with Crippen LogP contribution in [0.4, 0.5) is 4.39 Å². The summed E-state index contributed by atoms with van der Waals surface area (Å²) in [4.78, 5) is 0.914. The first-order valence-corrected chi connectivity index (χ1v) is 7.06. The van der Waals surface area contributed by atoms with E-state index in [1.165, 1.54) is 17.4 Å². The van der Waals surface area contributed by atoms with E-state index in [4.69, 9.17) is 11.6 Å². The Balaban J connectivity index is 2.21. The van der Waals surface area contributed by atoms with Gasteiger partial charge in [-0.25, -0.2) is 4.39 Å². The highest BCUT2D eigenvalue weighted by molar-refractivity contribution is 7.10. The van der Waals surface area contributed by atoms with Crippen LogP contribution in [0.5, 0.6) is 0 Å². The van der Waals surface area contributed by atoms with Gasteiger partial charge >= 0.3 is 0 Å². The fraction of sp³-hybridized carbons (Fsp3) is 0.286. The maximum Gasteiger partial charge on any atom is 0.145 e. The summed E-state index contributed by atoms with van der Waals surface area (Å²) in [6, 6.07) is 6.86. The van der Waals surface area contributed by atoms with Gasteiger partial charge in [0.05, 0.1) is 11.1 Å². The molecule has 1 aromatic carbocycles. The normalized spacial score (nSPS) is 12.7. The first-order chi connectivity index (χ1) is 8.63. The highest BCUT2D eigenvalue weighted by atomic mass is 35.5. The number of halogens is 2. The van der Waals surface area contributed by atoms with Crippen molar-refractivity contribution in [2.45, 2.75) is 25.9 Å². The Morgan fingerprint density at radius 3 is 2.83 bits per heavy atom. The first kappa shape index (κ1) is 13.5. The molecule has 4 heteroatoms. The average molecular weight is 285 g/mol. The van der Waals surface area contributed by atoms with Crippen LogP contribution in [-0.4, -0.2) is 5.11 Å². The van der Waals surface area contributed by atoms with Gasteiger partial charge in [0.1, 0.15) is 5.82 Å². The zero-order valence-electron chi connectivity index (χ0n) is 9.99. The molecule has 2 rings (SSSR count). The topological polar surface area (TPSA) is 20.2 Å². The zero-order chi connectivity index (χ0) is 13.1. The number of aliphatic hydroxyl groups excluding tert-OH is 1. The summed E-state index contributed by atoms with van der Waals surface area (Å²) in [7, 11) is 0. The standard InChI is InChI=1S/C14H14ClFOS/c1-2-9-6-7-18-14(9)12(17)8-10-4-3-5-11(15)13(10)16/h3-7,12,17H,2,8H2,1H3. The molecule has 0 aliphatic carbocycles. The Hall–Kier alpha value is -0.900. The lowest BCUT2D eigenvalue weighted by atomic mass is 10.0. The predicted octanol–water partition coefficient (Wildman–Crippen LogP) is 4.38. The van der Waals surface area contributed by atoms with E-state index in [9.17, 15) is 9.50 Å². The molecule has 96 valence electrons. The fourth-order valence-corrected chi connectivity index (χ4v) is 3.12. The molecule has 1 heterocycles. The number of hydrogen-bond acceptors (Lipinski definition) is 2. The smallest absolute Gasteiger partial charge is 0.145 e. The van der Waals surface area contributed by atoms with Gasteiger partial charge in [-0.3, -0.25) is 0 Å². The van der Waals surface area contributed by atoms with Crippen molar-refractivity contribution in [1.29, 1.82) is 0 Å². The molecular weight excluding hydrogens is 271 g/mol. The molecule has 0 saturated heterocycles. The number of rotatable bonds is 4. The number of thiophene rings is 1. The third kappa shape index (κ3) is 2.74. The molecule has 0 aliphatic rings. The van der Waals surface area contributed by atoms with Crippen molar-refractivity contribution < 1.29 is 9.50 Å². The lowest BCUT2D eigenvalue weighted by Gasteiger charge is -2.12. The van der Waals surface area contributed by atoms with Gasteiger partial charge in [0.2, 0.25) is 0 Å². The minimum absolute atomic E-state index is 0.0987. The molecular formula is C14H14ClFOS. The second kappa shape index (κ2) is 5.83. The van der Waals surface area contributed by atoms with Crippen molar-refractivity contribution >= 4 is 22.9 Å². The Morgan fingerprint density at radius 1 is 1.33 bits per heavy atom. The molecule has 1 nitrogen and oxygen atoms in total. The molecule has 1 N–H and O–H groups in total. The van der Waals surface area contributed by atoms with E-state index in [1.54, 1.807) is 12.1 Å². The average Bonchev–Trinajstić information content (AvgIpc) is 2.83. The van der Waals surface area contributed by atoms with Crippen LogP contribution in [0.25, 0.3) is 0 Å². The van der Waals surface area contributed by atoms with Crippen molar-refractivity contribution in [3.05, 3.63) is 56.5 Å². The Morgan fingerprint density at radius 2 is 2.11 bits per heavy atom. The number of aliphatic hydroxyl groups is 1. The summed E-state index contributed by atoms with van der Waals surface area (Å²) in [5.74, 6) is -0.437. The fourth-order valence-electron chi connectivity index (χ4n) is 1.94. The minimum atomic E-state index is -0.673. The van der Waals surface area contributed by atoms with Gasteiger partial charge in [-0.15, -0.1) is 11.3 Å². The van der Waals surface area contributed by atoms with Gasteiger partial charge in [-0.05, 0) is 35.1 Å². The van der Waals surface area contributed by atoms with Crippen molar-refractivity contribution in [2.75, 3.05) is 0 Å².